The first kappa shape index (κ1) is 16.1. The number of anilines is 1. The summed E-state index contributed by atoms with van der Waals surface area (Å²) >= 11 is 5.28. The van der Waals surface area contributed by atoms with Crippen molar-refractivity contribution >= 4 is 23.0 Å². The van der Waals surface area contributed by atoms with Crippen LogP contribution in [0.25, 0.3) is 11.4 Å². The molecule has 122 valence electrons. The number of nitrogens with zero attached hydrogens (tertiary/aromatic N) is 2. The lowest BCUT2D eigenvalue weighted by molar-refractivity contribution is 0.376. The molecule has 3 aromatic rings. The smallest absolute Gasteiger partial charge is 0.246 e. The normalized spacial score (nSPS) is 10.4. The predicted octanol–water partition coefficient (Wildman–Crippen LogP) is 3.84. The average molecular weight is 338 g/mol. The summed E-state index contributed by atoms with van der Waals surface area (Å²) in [5, 5.41) is 10.7. The van der Waals surface area contributed by atoms with Gasteiger partial charge in [-0.3, -0.25) is 0 Å². The average Bonchev–Trinajstić information content (AvgIpc) is 3.04. The summed E-state index contributed by atoms with van der Waals surface area (Å²) in [4.78, 5) is 4.40. The molecule has 0 aliphatic rings. The Balaban J connectivity index is 1.58. The molecule has 0 atom stereocenters. The number of aromatic nitrogens is 2. The minimum absolute atomic E-state index is 0.372. The van der Waals surface area contributed by atoms with E-state index in [1.165, 1.54) is 5.56 Å². The van der Waals surface area contributed by atoms with Crippen molar-refractivity contribution in [3.63, 3.8) is 0 Å². The van der Waals surface area contributed by atoms with Crippen LogP contribution in [0.4, 0.5) is 5.69 Å². The van der Waals surface area contributed by atoms with E-state index in [0.717, 1.165) is 16.8 Å². The van der Waals surface area contributed by atoms with Crippen molar-refractivity contribution in [1.82, 2.24) is 15.5 Å². The third-order valence-corrected chi connectivity index (χ3v) is 3.81. The molecule has 0 aliphatic carbocycles. The van der Waals surface area contributed by atoms with Crippen molar-refractivity contribution in [3.05, 3.63) is 65.5 Å². The van der Waals surface area contributed by atoms with Crippen molar-refractivity contribution in [2.45, 2.75) is 20.4 Å². The van der Waals surface area contributed by atoms with Crippen molar-refractivity contribution in [3.8, 4) is 11.4 Å². The van der Waals surface area contributed by atoms with E-state index in [-0.39, 0.29) is 0 Å². The van der Waals surface area contributed by atoms with Gasteiger partial charge in [0.1, 0.15) is 0 Å². The zero-order valence-electron chi connectivity index (χ0n) is 13.5. The Bertz CT molecular complexity index is 842. The predicted molar refractivity (Wildman–Crippen MR) is 98.7 cm³/mol. The van der Waals surface area contributed by atoms with Crippen molar-refractivity contribution in [2.24, 2.45) is 0 Å². The van der Waals surface area contributed by atoms with E-state index in [2.05, 4.69) is 20.8 Å². The molecule has 1 heterocycles. The first-order valence-electron chi connectivity index (χ1n) is 7.62. The van der Waals surface area contributed by atoms with Crippen LogP contribution in [-0.4, -0.2) is 15.3 Å². The second-order valence-electron chi connectivity index (χ2n) is 5.50. The SMILES string of the molecule is Cc1ccc(NC(=S)NCc2nc(-c3ccccc3C)no2)cc1. The van der Waals surface area contributed by atoms with Gasteiger partial charge in [0, 0.05) is 11.3 Å². The maximum atomic E-state index is 5.28. The highest BCUT2D eigenvalue weighted by Gasteiger charge is 2.10. The molecular weight excluding hydrogens is 320 g/mol. The van der Waals surface area contributed by atoms with E-state index < -0.39 is 0 Å². The molecule has 0 saturated carbocycles. The third kappa shape index (κ3) is 3.97. The van der Waals surface area contributed by atoms with Crippen LogP contribution >= 0.6 is 12.2 Å². The van der Waals surface area contributed by atoms with Gasteiger partial charge in [-0.2, -0.15) is 4.98 Å². The Morgan fingerprint density at radius 3 is 2.58 bits per heavy atom. The van der Waals surface area contributed by atoms with Gasteiger partial charge in [0.15, 0.2) is 5.11 Å². The van der Waals surface area contributed by atoms with Gasteiger partial charge in [-0.05, 0) is 43.8 Å². The van der Waals surface area contributed by atoms with Gasteiger partial charge in [0.25, 0.3) is 0 Å². The fourth-order valence-electron chi connectivity index (χ4n) is 2.23. The lowest BCUT2D eigenvalue weighted by atomic mass is 10.1. The van der Waals surface area contributed by atoms with Crippen LogP contribution in [0, 0.1) is 13.8 Å². The monoisotopic (exact) mass is 338 g/mol. The zero-order valence-corrected chi connectivity index (χ0v) is 14.4. The number of hydrogen-bond acceptors (Lipinski definition) is 4. The van der Waals surface area contributed by atoms with Gasteiger partial charge < -0.3 is 15.2 Å². The molecule has 0 fully saturated rings. The maximum absolute atomic E-state index is 5.28. The Morgan fingerprint density at radius 2 is 1.83 bits per heavy atom. The van der Waals surface area contributed by atoms with Crippen molar-refractivity contribution < 1.29 is 4.52 Å². The summed E-state index contributed by atoms with van der Waals surface area (Å²) in [6.07, 6.45) is 0. The number of benzene rings is 2. The molecule has 24 heavy (non-hydrogen) atoms. The summed E-state index contributed by atoms with van der Waals surface area (Å²) < 4.78 is 5.28. The van der Waals surface area contributed by atoms with Gasteiger partial charge in [-0.15, -0.1) is 0 Å². The highest BCUT2D eigenvalue weighted by atomic mass is 32.1. The second kappa shape index (κ2) is 7.23. The summed E-state index contributed by atoms with van der Waals surface area (Å²) in [7, 11) is 0. The van der Waals surface area contributed by atoms with Crippen LogP contribution < -0.4 is 10.6 Å². The molecule has 2 N–H and O–H groups in total. The lowest BCUT2D eigenvalue weighted by Crippen LogP contribution is -2.27. The van der Waals surface area contributed by atoms with E-state index >= 15 is 0 Å². The Labute approximate surface area is 146 Å². The molecule has 5 nitrogen and oxygen atoms in total. The zero-order chi connectivity index (χ0) is 16.9. The molecule has 0 spiro atoms. The first-order chi connectivity index (χ1) is 11.6. The first-order valence-corrected chi connectivity index (χ1v) is 8.03. The topological polar surface area (TPSA) is 63.0 Å². The summed E-state index contributed by atoms with van der Waals surface area (Å²) in [5.41, 5.74) is 4.21. The fourth-order valence-corrected chi connectivity index (χ4v) is 2.42. The minimum atomic E-state index is 0.372. The minimum Gasteiger partial charge on any atom is -0.353 e. The molecule has 0 unspecified atom stereocenters. The largest absolute Gasteiger partial charge is 0.353 e. The van der Waals surface area contributed by atoms with Crippen LogP contribution in [0.5, 0.6) is 0 Å². The van der Waals surface area contributed by atoms with Crippen molar-refractivity contribution in [2.75, 3.05) is 5.32 Å². The van der Waals surface area contributed by atoms with E-state index in [1.807, 2.05) is 62.4 Å². The molecule has 0 amide bonds. The number of thiocarbonyl (C=S) groups is 1. The van der Waals surface area contributed by atoms with E-state index in [4.69, 9.17) is 16.7 Å². The number of nitrogens with one attached hydrogen (secondary N) is 2. The van der Waals surface area contributed by atoms with Gasteiger partial charge >= 0.3 is 0 Å². The van der Waals surface area contributed by atoms with E-state index in [9.17, 15) is 0 Å². The van der Waals surface area contributed by atoms with Crippen LogP contribution in [0.1, 0.15) is 17.0 Å². The summed E-state index contributed by atoms with van der Waals surface area (Å²) in [6.45, 7) is 4.43. The fraction of sp³-hybridized carbons (Fsp3) is 0.167. The second-order valence-corrected chi connectivity index (χ2v) is 5.91. The Hall–Kier alpha value is -2.73. The highest BCUT2D eigenvalue weighted by molar-refractivity contribution is 7.80. The molecule has 3 rings (SSSR count). The Kier molecular flexibility index (Phi) is 4.86. The quantitative estimate of drug-likeness (QED) is 0.705. The molecule has 2 aromatic carbocycles. The maximum Gasteiger partial charge on any atom is 0.246 e. The standard InChI is InChI=1S/C18H18N4OS/c1-12-7-9-14(10-8-12)20-18(24)19-11-16-21-17(22-23-16)15-6-4-3-5-13(15)2/h3-10H,11H2,1-2H3,(H2,19,20,24). The van der Waals surface area contributed by atoms with Crippen LogP contribution in [0.2, 0.25) is 0 Å². The van der Waals surface area contributed by atoms with Gasteiger partial charge in [-0.1, -0.05) is 47.1 Å². The van der Waals surface area contributed by atoms with Crippen LogP contribution in [0.3, 0.4) is 0 Å². The van der Waals surface area contributed by atoms with E-state index in [0.29, 0.717) is 23.4 Å². The number of hydrogen-bond donors (Lipinski definition) is 2. The number of aryl methyl sites for hydroxylation is 2. The van der Waals surface area contributed by atoms with Crippen LogP contribution in [-0.2, 0) is 6.54 Å². The molecule has 6 heteroatoms. The van der Waals surface area contributed by atoms with Crippen LogP contribution in [0.15, 0.2) is 53.1 Å². The molecular formula is C18H18N4OS. The number of rotatable bonds is 4. The Morgan fingerprint density at radius 1 is 1.08 bits per heavy atom. The third-order valence-electron chi connectivity index (χ3n) is 3.56. The summed E-state index contributed by atoms with van der Waals surface area (Å²) in [6, 6.07) is 15.9. The summed E-state index contributed by atoms with van der Waals surface area (Å²) in [5.74, 6) is 1.07. The van der Waals surface area contributed by atoms with Gasteiger partial charge in [0.05, 0.1) is 6.54 Å². The molecule has 0 aliphatic heterocycles. The van der Waals surface area contributed by atoms with E-state index in [1.54, 1.807) is 0 Å². The lowest BCUT2D eigenvalue weighted by Gasteiger charge is -2.08. The highest BCUT2D eigenvalue weighted by Crippen LogP contribution is 2.19. The molecule has 0 bridgehead atoms. The van der Waals surface area contributed by atoms with Gasteiger partial charge in [0.2, 0.25) is 11.7 Å². The molecule has 0 radical (unpaired) electrons. The molecule has 1 aromatic heterocycles. The van der Waals surface area contributed by atoms with Gasteiger partial charge in [-0.25, -0.2) is 0 Å². The van der Waals surface area contributed by atoms with Crippen molar-refractivity contribution in [1.29, 1.82) is 0 Å². The molecule has 0 saturated heterocycles.